The van der Waals surface area contributed by atoms with E-state index in [0.717, 1.165) is 4.05 Å². The standard InChI is InChI=1S/C11H25IO2Si/c1-9(2)13-15(8-12,11(5,6)7)14-10(3)4/h9-10H,8H2,1-7H3. The first-order chi connectivity index (χ1) is 6.64. The first-order valence-electron chi connectivity index (χ1n) is 5.56. The zero-order chi connectivity index (χ0) is 12.3. The predicted octanol–water partition coefficient (Wildman–Crippen LogP) is 4.05. The number of alkyl halides is 1. The van der Waals surface area contributed by atoms with Gasteiger partial charge in [0.1, 0.15) is 0 Å². The summed E-state index contributed by atoms with van der Waals surface area (Å²) in [6.07, 6.45) is 0.480. The maximum absolute atomic E-state index is 6.17. The number of halogens is 1. The minimum absolute atomic E-state index is 0.114. The van der Waals surface area contributed by atoms with Gasteiger partial charge in [0.15, 0.2) is 0 Å². The fraction of sp³-hybridized carbons (Fsp3) is 1.00. The summed E-state index contributed by atoms with van der Waals surface area (Å²) in [7, 11) is -2.11. The third-order valence-electron chi connectivity index (χ3n) is 2.17. The van der Waals surface area contributed by atoms with Gasteiger partial charge in [-0.3, -0.25) is 0 Å². The van der Waals surface area contributed by atoms with E-state index in [2.05, 4.69) is 71.1 Å². The Hall–Kier alpha value is 0.867. The largest absolute Gasteiger partial charge is 0.391 e. The van der Waals surface area contributed by atoms with E-state index >= 15 is 0 Å². The molecule has 0 spiro atoms. The van der Waals surface area contributed by atoms with Gasteiger partial charge in [0.2, 0.25) is 0 Å². The van der Waals surface area contributed by atoms with Crippen molar-refractivity contribution in [1.29, 1.82) is 0 Å². The van der Waals surface area contributed by atoms with Crippen molar-refractivity contribution >= 4 is 31.2 Å². The molecule has 0 aromatic heterocycles. The molecule has 0 heterocycles. The molecule has 2 nitrogen and oxygen atoms in total. The summed E-state index contributed by atoms with van der Waals surface area (Å²) in [4.78, 5) is 0. The van der Waals surface area contributed by atoms with Crippen LogP contribution in [-0.4, -0.2) is 24.8 Å². The lowest BCUT2D eigenvalue weighted by Gasteiger charge is -2.42. The molecule has 0 aliphatic carbocycles. The van der Waals surface area contributed by atoms with Gasteiger partial charge in [-0.2, -0.15) is 0 Å². The lowest BCUT2D eigenvalue weighted by Crippen LogP contribution is -2.55. The van der Waals surface area contributed by atoms with Gasteiger partial charge in [0, 0.05) is 21.3 Å². The molecule has 92 valence electrons. The summed E-state index contributed by atoms with van der Waals surface area (Å²) in [5, 5.41) is 0.114. The van der Waals surface area contributed by atoms with Crippen LogP contribution in [0, 0.1) is 0 Å². The van der Waals surface area contributed by atoms with Crippen LogP contribution in [0.25, 0.3) is 0 Å². The molecule has 0 aliphatic heterocycles. The molecule has 0 unspecified atom stereocenters. The summed E-state index contributed by atoms with van der Waals surface area (Å²) in [5.41, 5.74) is 0. The Bertz CT molecular complexity index is 178. The van der Waals surface area contributed by atoms with Crippen LogP contribution in [0.4, 0.5) is 0 Å². The fourth-order valence-corrected chi connectivity index (χ4v) is 8.73. The minimum Gasteiger partial charge on any atom is -0.391 e. The summed E-state index contributed by atoms with van der Waals surface area (Å²) < 4.78 is 13.3. The van der Waals surface area contributed by atoms with E-state index in [9.17, 15) is 0 Å². The molecule has 0 saturated carbocycles. The molecule has 0 bridgehead atoms. The van der Waals surface area contributed by atoms with Gasteiger partial charge in [-0.1, -0.05) is 43.4 Å². The van der Waals surface area contributed by atoms with E-state index in [0.29, 0.717) is 0 Å². The lowest BCUT2D eigenvalue weighted by atomic mass is 10.2. The van der Waals surface area contributed by atoms with Crippen molar-refractivity contribution in [2.24, 2.45) is 0 Å². The van der Waals surface area contributed by atoms with Crippen LogP contribution in [0.5, 0.6) is 0 Å². The molecule has 0 N–H and O–H groups in total. The molecule has 0 radical (unpaired) electrons. The molecule has 0 saturated heterocycles. The van der Waals surface area contributed by atoms with E-state index in [-0.39, 0.29) is 17.2 Å². The molecular formula is C11H25IO2Si. The molecule has 0 aromatic rings. The Balaban J connectivity index is 4.93. The van der Waals surface area contributed by atoms with Crippen molar-refractivity contribution in [3.63, 3.8) is 0 Å². The second-order valence-corrected chi connectivity index (χ2v) is 11.5. The highest BCUT2D eigenvalue weighted by Gasteiger charge is 2.49. The molecule has 4 heteroatoms. The van der Waals surface area contributed by atoms with Gasteiger partial charge < -0.3 is 8.85 Å². The highest BCUT2D eigenvalue weighted by Crippen LogP contribution is 2.40. The number of hydrogen-bond acceptors (Lipinski definition) is 2. The third-order valence-corrected chi connectivity index (χ3v) is 9.52. The Kier molecular flexibility index (Phi) is 6.32. The van der Waals surface area contributed by atoms with Crippen LogP contribution >= 0.6 is 22.6 Å². The average Bonchev–Trinajstić information content (AvgIpc) is 1.98. The molecule has 0 atom stereocenters. The second kappa shape index (κ2) is 5.98. The molecule has 15 heavy (non-hydrogen) atoms. The molecule has 0 fully saturated rings. The average molecular weight is 344 g/mol. The van der Waals surface area contributed by atoms with Crippen LogP contribution in [0.3, 0.4) is 0 Å². The fourth-order valence-electron chi connectivity index (χ4n) is 1.41. The zero-order valence-corrected chi connectivity index (χ0v) is 14.2. The van der Waals surface area contributed by atoms with E-state index < -0.39 is 8.56 Å². The summed E-state index contributed by atoms with van der Waals surface area (Å²) >= 11 is 2.41. The maximum Gasteiger partial charge on any atom is 0.354 e. The molecule has 0 aromatic carbocycles. The van der Waals surface area contributed by atoms with E-state index in [4.69, 9.17) is 8.85 Å². The monoisotopic (exact) mass is 344 g/mol. The zero-order valence-electron chi connectivity index (χ0n) is 11.1. The first-order valence-corrected chi connectivity index (χ1v) is 9.11. The minimum atomic E-state index is -2.11. The quantitative estimate of drug-likeness (QED) is 0.426. The van der Waals surface area contributed by atoms with Gasteiger partial charge in [0.25, 0.3) is 0 Å². The Labute approximate surface area is 110 Å². The highest BCUT2D eigenvalue weighted by molar-refractivity contribution is 14.1. The van der Waals surface area contributed by atoms with Gasteiger partial charge >= 0.3 is 8.56 Å². The SMILES string of the molecule is CC(C)O[Si](CI)(OC(C)C)C(C)(C)C. The van der Waals surface area contributed by atoms with Crippen molar-refractivity contribution in [1.82, 2.24) is 0 Å². The van der Waals surface area contributed by atoms with Crippen molar-refractivity contribution in [3.05, 3.63) is 0 Å². The first kappa shape index (κ1) is 15.9. The van der Waals surface area contributed by atoms with Crippen LogP contribution < -0.4 is 0 Å². The van der Waals surface area contributed by atoms with Crippen LogP contribution in [0.1, 0.15) is 48.5 Å². The Morgan fingerprint density at radius 3 is 1.47 bits per heavy atom. The van der Waals surface area contributed by atoms with E-state index in [1.807, 2.05) is 0 Å². The molecule has 0 rings (SSSR count). The van der Waals surface area contributed by atoms with E-state index in [1.165, 1.54) is 0 Å². The molecular weight excluding hydrogens is 319 g/mol. The smallest absolute Gasteiger partial charge is 0.354 e. The van der Waals surface area contributed by atoms with Gasteiger partial charge in [-0.15, -0.1) is 0 Å². The second-order valence-electron chi connectivity index (χ2n) is 5.47. The maximum atomic E-state index is 6.17. The lowest BCUT2D eigenvalue weighted by molar-refractivity contribution is 0.0932. The van der Waals surface area contributed by atoms with Gasteiger partial charge in [-0.25, -0.2) is 0 Å². The predicted molar refractivity (Wildman–Crippen MR) is 76.8 cm³/mol. The van der Waals surface area contributed by atoms with Crippen molar-refractivity contribution in [2.75, 3.05) is 4.05 Å². The highest BCUT2D eigenvalue weighted by atomic mass is 127. The third kappa shape index (κ3) is 4.71. The molecule has 0 aliphatic rings. The van der Waals surface area contributed by atoms with Crippen LogP contribution in [0.2, 0.25) is 5.04 Å². The van der Waals surface area contributed by atoms with Crippen molar-refractivity contribution in [3.8, 4) is 0 Å². The number of rotatable bonds is 5. The Morgan fingerprint density at radius 2 is 1.33 bits per heavy atom. The summed E-state index contributed by atoms with van der Waals surface area (Å²) in [6.45, 7) is 15.0. The molecule has 0 amide bonds. The van der Waals surface area contributed by atoms with Crippen molar-refractivity contribution in [2.45, 2.75) is 65.7 Å². The van der Waals surface area contributed by atoms with Crippen LogP contribution in [-0.2, 0) is 8.85 Å². The topological polar surface area (TPSA) is 18.5 Å². The Morgan fingerprint density at radius 1 is 1.00 bits per heavy atom. The van der Waals surface area contributed by atoms with Crippen LogP contribution in [0.15, 0.2) is 0 Å². The summed E-state index contributed by atoms with van der Waals surface area (Å²) in [6, 6.07) is 0. The number of hydrogen-bond donors (Lipinski definition) is 0. The van der Waals surface area contributed by atoms with Crippen molar-refractivity contribution < 1.29 is 8.85 Å². The van der Waals surface area contributed by atoms with Gasteiger partial charge in [0.05, 0.1) is 0 Å². The van der Waals surface area contributed by atoms with Gasteiger partial charge in [-0.05, 0) is 27.7 Å². The summed E-state index contributed by atoms with van der Waals surface area (Å²) in [5.74, 6) is 0. The van der Waals surface area contributed by atoms with E-state index in [1.54, 1.807) is 0 Å². The normalized spacial score (nSPS) is 14.0.